The Hall–Kier alpha value is -1.55. The lowest BCUT2D eigenvalue weighted by molar-refractivity contribution is -0.121. The van der Waals surface area contributed by atoms with Crippen molar-refractivity contribution in [2.75, 3.05) is 7.11 Å². The first-order valence-electron chi connectivity index (χ1n) is 6.72. The number of hydrogen-bond donors (Lipinski definition) is 2. The molecule has 0 aliphatic heterocycles. The summed E-state index contributed by atoms with van der Waals surface area (Å²) >= 11 is 0. The minimum absolute atomic E-state index is 0.0547. The van der Waals surface area contributed by atoms with Crippen molar-refractivity contribution in [2.45, 2.75) is 45.2 Å². The normalized spacial score (nSPS) is 13.7. The lowest BCUT2D eigenvalue weighted by Gasteiger charge is -2.17. The van der Waals surface area contributed by atoms with Crippen LogP contribution < -0.4 is 15.8 Å². The van der Waals surface area contributed by atoms with Crippen LogP contribution in [0.1, 0.15) is 44.7 Å². The first-order chi connectivity index (χ1) is 9.04. The van der Waals surface area contributed by atoms with E-state index in [1.165, 1.54) is 0 Å². The maximum atomic E-state index is 11.8. The van der Waals surface area contributed by atoms with Crippen LogP contribution in [0.4, 0.5) is 0 Å². The molecule has 1 aromatic carbocycles. The fraction of sp³-hybridized carbons (Fsp3) is 0.533. The summed E-state index contributed by atoms with van der Waals surface area (Å²) in [6.07, 6.45) is 2.21. The van der Waals surface area contributed by atoms with Gasteiger partial charge in [0, 0.05) is 18.0 Å². The molecule has 2 atom stereocenters. The van der Waals surface area contributed by atoms with Gasteiger partial charge in [0.25, 0.3) is 0 Å². The zero-order valence-corrected chi connectivity index (χ0v) is 12.0. The lowest BCUT2D eigenvalue weighted by Crippen LogP contribution is -2.27. The Labute approximate surface area is 115 Å². The van der Waals surface area contributed by atoms with Gasteiger partial charge in [0.15, 0.2) is 0 Å². The van der Waals surface area contributed by atoms with Crippen LogP contribution in [-0.4, -0.2) is 19.1 Å². The maximum absolute atomic E-state index is 11.8. The minimum Gasteiger partial charge on any atom is -0.496 e. The van der Waals surface area contributed by atoms with E-state index in [1.807, 2.05) is 38.1 Å². The zero-order chi connectivity index (χ0) is 14.3. The predicted octanol–water partition coefficient (Wildman–Crippen LogP) is 2.39. The Morgan fingerprint density at radius 2 is 2.05 bits per heavy atom. The van der Waals surface area contributed by atoms with Crippen molar-refractivity contribution in [3.63, 3.8) is 0 Å². The number of amides is 1. The first-order valence-corrected chi connectivity index (χ1v) is 6.72. The fourth-order valence-electron chi connectivity index (χ4n) is 2.00. The third kappa shape index (κ3) is 5.30. The van der Waals surface area contributed by atoms with Crippen molar-refractivity contribution in [3.05, 3.63) is 29.8 Å². The first kappa shape index (κ1) is 15.5. The molecule has 0 spiro atoms. The van der Waals surface area contributed by atoms with Crippen LogP contribution in [-0.2, 0) is 4.79 Å². The number of ether oxygens (including phenoxy) is 1. The molecule has 1 rings (SSSR count). The van der Waals surface area contributed by atoms with Gasteiger partial charge in [-0.2, -0.15) is 0 Å². The highest BCUT2D eigenvalue weighted by Gasteiger charge is 2.13. The van der Waals surface area contributed by atoms with Crippen LogP contribution in [0.25, 0.3) is 0 Å². The quantitative estimate of drug-likeness (QED) is 0.794. The number of methoxy groups -OCH3 is 1. The van der Waals surface area contributed by atoms with E-state index in [2.05, 4.69) is 5.32 Å². The Kier molecular flexibility index (Phi) is 6.36. The molecule has 4 heteroatoms. The number of carbonyl (C=O) groups excluding carboxylic acids is 1. The van der Waals surface area contributed by atoms with Crippen molar-refractivity contribution in [1.82, 2.24) is 5.32 Å². The van der Waals surface area contributed by atoms with Crippen molar-refractivity contribution in [1.29, 1.82) is 0 Å². The number of benzene rings is 1. The smallest absolute Gasteiger partial charge is 0.220 e. The summed E-state index contributed by atoms with van der Waals surface area (Å²) in [7, 11) is 1.63. The van der Waals surface area contributed by atoms with Gasteiger partial charge in [-0.1, -0.05) is 18.2 Å². The molecule has 0 saturated heterocycles. The summed E-state index contributed by atoms with van der Waals surface area (Å²) in [5.74, 6) is 0.852. The van der Waals surface area contributed by atoms with Crippen LogP contribution in [0.15, 0.2) is 24.3 Å². The molecular weight excluding hydrogens is 240 g/mol. The standard InChI is InChI=1S/C15H24N2O2/c1-11(16)7-6-10-15(18)17-12(2)13-8-4-5-9-14(13)19-3/h4-5,8-9,11-12H,6-7,10,16H2,1-3H3,(H,17,18). The third-order valence-electron chi connectivity index (χ3n) is 3.05. The van der Waals surface area contributed by atoms with Crippen molar-refractivity contribution in [3.8, 4) is 5.75 Å². The number of nitrogens with two attached hydrogens (primary N) is 1. The summed E-state index contributed by atoms with van der Waals surface area (Å²) in [6.45, 7) is 3.91. The molecule has 1 amide bonds. The fourth-order valence-corrected chi connectivity index (χ4v) is 2.00. The molecule has 4 nitrogen and oxygen atoms in total. The SMILES string of the molecule is COc1ccccc1C(C)NC(=O)CCCC(C)N. The zero-order valence-electron chi connectivity index (χ0n) is 12.0. The Bertz CT molecular complexity index is 405. The number of para-hydroxylation sites is 1. The van der Waals surface area contributed by atoms with Gasteiger partial charge >= 0.3 is 0 Å². The highest BCUT2D eigenvalue weighted by molar-refractivity contribution is 5.76. The monoisotopic (exact) mass is 264 g/mol. The van der Waals surface area contributed by atoms with Crippen molar-refractivity contribution >= 4 is 5.91 Å². The number of nitrogens with one attached hydrogen (secondary N) is 1. The minimum atomic E-state index is -0.0565. The molecule has 3 N–H and O–H groups in total. The topological polar surface area (TPSA) is 64.3 Å². The van der Waals surface area contributed by atoms with Crippen LogP contribution in [0, 0.1) is 0 Å². The molecule has 0 aliphatic rings. The van der Waals surface area contributed by atoms with E-state index in [9.17, 15) is 4.79 Å². The maximum Gasteiger partial charge on any atom is 0.220 e. The Morgan fingerprint density at radius 1 is 1.37 bits per heavy atom. The van der Waals surface area contributed by atoms with Crippen LogP contribution >= 0.6 is 0 Å². The van der Waals surface area contributed by atoms with Gasteiger partial charge in [-0.05, 0) is 32.8 Å². The summed E-state index contributed by atoms with van der Waals surface area (Å²) < 4.78 is 5.29. The van der Waals surface area contributed by atoms with Gasteiger partial charge in [0.1, 0.15) is 5.75 Å². The average molecular weight is 264 g/mol. The average Bonchev–Trinajstić information content (AvgIpc) is 2.38. The summed E-state index contributed by atoms with van der Waals surface area (Å²) in [4.78, 5) is 11.8. The molecule has 0 bridgehead atoms. The van der Waals surface area contributed by atoms with Gasteiger partial charge in [-0.15, -0.1) is 0 Å². The molecule has 0 radical (unpaired) electrons. The lowest BCUT2D eigenvalue weighted by atomic mass is 10.1. The van der Waals surface area contributed by atoms with E-state index < -0.39 is 0 Å². The van der Waals surface area contributed by atoms with Crippen molar-refractivity contribution in [2.24, 2.45) is 5.73 Å². The van der Waals surface area contributed by atoms with E-state index in [0.29, 0.717) is 6.42 Å². The largest absolute Gasteiger partial charge is 0.496 e. The molecule has 0 aliphatic carbocycles. The summed E-state index contributed by atoms with van der Waals surface area (Å²) in [5, 5.41) is 2.98. The molecule has 19 heavy (non-hydrogen) atoms. The molecule has 106 valence electrons. The Balaban J connectivity index is 2.49. The van der Waals surface area contributed by atoms with Gasteiger partial charge in [-0.25, -0.2) is 0 Å². The molecule has 1 aromatic rings. The van der Waals surface area contributed by atoms with Crippen LogP contribution in [0.5, 0.6) is 5.75 Å². The second-order valence-corrected chi connectivity index (χ2v) is 4.90. The molecular formula is C15H24N2O2. The second kappa shape index (κ2) is 7.79. The molecule has 0 aromatic heterocycles. The third-order valence-corrected chi connectivity index (χ3v) is 3.05. The number of rotatable bonds is 7. The van der Waals surface area contributed by atoms with Gasteiger partial charge in [0.05, 0.1) is 13.2 Å². The number of hydrogen-bond acceptors (Lipinski definition) is 3. The van der Waals surface area contributed by atoms with E-state index in [-0.39, 0.29) is 18.0 Å². The molecule has 0 saturated carbocycles. The molecule has 0 fully saturated rings. The van der Waals surface area contributed by atoms with E-state index >= 15 is 0 Å². The summed E-state index contributed by atoms with van der Waals surface area (Å²) in [6, 6.07) is 7.81. The second-order valence-electron chi connectivity index (χ2n) is 4.90. The van der Waals surface area contributed by atoms with E-state index in [4.69, 9.17) is 10.5 Å². The Morgan fingerprint density at radius 3 is 2.68 bits per heavy atom. The van der Waals surface area contributed by atoms with E-state index in [0.717, 1.165) is 24.2 Å². The van der Waals surface area contributed by atoms with Crippen LogP contribution in [0.3, 0.4) is 0 Å². The highest BCUT2D eigenvalue weighted by atomic mass is 16.5. The molecule has 2 unspecified atom stereocenters. The van der Waals surface area contributed by atoms with Gasteiger partial charge in [-0.3, -0.25) is 4.79 Å². The van der Waals surface area contributed by atoms with E-state index in [1.54, 1.807) is 7.11 Å². The van der Waals surface area contributed by atoms with Crippen LogP contribution in [0.2, 0.25) is 0 Å². The van der Waals surface area contributed by atoms with Gasteiger partial charge in [0.2, 0.25) is 5.91 Å². The summed E-state index contributed by atoms with van der Waals surface area (Å²) in [5.41, 5.74) is 6.65. The number of carbonyl (C=O) groups is 1. The molecule has 0 heterocycles. The van der Waals surface area contributed by atoms with Crippen molar-refractivity contribution < 1.29 is 9.53 Å². The predicted molar refractivity (Wildman–Crippen MR) is 77.1 cm³/mol. The highest BCUT2D eigenvalue weighted by Crippen LogP contribution is 2.24. The van der Waals surface area contributed by atoms with Gasteiger partial charge < -0.3 is 15.8 Å².